The first-order valence-electron chi connectivity index (χ1n) is 15.0. The molecule has 5 nitrogen and oxygen atoms in total. The first kappa shape index (κ1) is 33.3. The quantitative estimate of drug-likeness (QED) is 0.196. The van der Waals surface area contributed by atoms with Gasteiger partial charge in [0.05, 0.1) is 6.61 Å². The van der Waals surface area contributed by atoms with Crippen molar-refractivity contribution in [1.82, 2.24) is 0 Å². The minimum Gasteiger partial charge on any atom is -0.494 e. The lowest BCUT2D eigenvalue weighted by molar-refractivity contribution is -0.131. The van der Waals surface area contributed by atoms with E-state index in [1.54, 1.807) is 6.08 Å². The summed E-state index contributed by atoms with van der Waals surface area (Å²) in [5.74, 6) is 0.257. The molecule has 2 aromatic rings. The predicted molar refractivity (Wildman–Crippen MR) is 176 cm³/mol. The number of aryl methyl sites for hydroxylation is 2. The van der Waals surface area contributed by atoms with Gasteiger partial charge in [0, 0.05) is 25.2 Å². The van der Waals surface area contributed by atoms with Crippen LogP contribution in [0.15, 0.2) is 42.5 Å². The van der Waals surface area contributed by atoms with E-state index in [-0.39, 0.29) is 16.0 Å². The molecule has 0 aliphatic heterocycles. The molecule has 1 N–H and O–H groups in total. The fourth-order valence-electron chi connectivity index (χ4n) is 4.40. The second kappa shape index (κ2) is 13.0. The zero-order chi connectivity index (χ0) is 30.6. The Hall–Kier alpha value is -2.20. The Balaban J connectivity index is 1.67. The molecule has 0 bridgehead atoms. The van der Waals surface area contributed by atoms with Crippen LogP contribution >= 0.6 is 0 Å². The fourth-order valence-corrected chi connectivity index (χ4v) is 6.57. The number of carboxylic acid groups (broad SMARTS) is 1. The van der Waals surface area contributed by atoms with Crippen LogP contribution in [-0.2, 0) is 26.5 Å². The second-order valence-electron chi connectivity index (χ2n) is 14.6. The monoisotopic (exact) mass is 596 g/mol. The number of fused-ring (bicyclic) bond motifs is 3. The van der Waals surface area contributed by atoms with Crippen LogP contribution in [0, 0.1) is 5.92 Å². The van der Waals surface area contributed by atoms with E-state index >= 15 is 0 Å². The average molecular weight is 597 g/mol. The van der Waals surface area contributed by atoms with Crippen molar-refractivity contribution in [3.8, 4) is 16.9 Å². The maximum Gasteiger partial charge on any atom is 0.328 e. The van der Waals surface area contributed by atoms with Crippen molar-refractivity contribution in [3.63, 3.8) is 0 Å². The van der Waals surface area contributed by atoms with Crippen LogP contribution in [0.1, 0.15) is 64.7 Å². The van der Waals surface area contributed by atoms with E-state index in [4.69, 9.17) is 18.7 Å². The number of ether oxygens (including phenoxy) is 1. The van der Waals surface area contributed by atoms with Gasteiger partial charge in [0.1, 0.15) is 5.75 Å². The van der Waals surface area contributed by atoms with Crippen LogP contribution in [0.2, 0.25) is 36.3 Å². The molecule has 0 saturated carbocycles. The number of carbonyl (C=O) groups is 1. The lowest BCUT2D eigenvalue weighted by Gasteiger charge is -2.39. The van der Waals surface area contributed by atoms with E-state index in [1.807, 2.05) is 6.07 Å². The zero-order valence-electron chi connectivity index (χ0n) is 27.0. The van der Waals surface area contributed by atoms with Gasteiger partial charge in [-0.1, -0.05) is 65.8 Å². The summed E-state index contributed by atoms with van der Waals surface area (Å²) in [5, 5.41) is 9.28. The topological polar surface area (TPSA) is 65.0 Å². The summed E-state index contributed by atoms with van der Waals surface area (Å²) in [7, 11) is -3.71. The van der Waals surface area contributed by atoms with Gasteiger partial charge in [0.25, 0.3) is 0 Å². The largest absolute Gasteiger partial charge is 0.494 e. The van der Waals surface area contributed by atoms with Crippen LogP contribution < -0.4 is 4.74 Å². The minimum absolute atomic E-state index is 0.173. The number of rotatable bonds is 12. The summed E-state index contributed by atoms with van der Waals surface area (Å²) in [5.41, 5.74) is 5.92. The Morgan fingerprint density at radius 2 is 1.37 bits per heavy atom. The molecule has 0 amide bonds. The van der Waals surface area contributed by atoms with Gasteiger partial charge in [0.2, 0.25) is 0 Å². The number of hydrogen-bond donors (Lipinski definition) is 1. The van der Waals surface area contributed by atoms with Crippen molar-refractivity contribution >= 4 is 28.7 Å². The summed E-state index contributed by atoms with van der Waals surface area (Å²) < 4.78 is 19.6. The summed E-state index contributed by atoms with van der Waals surface area (Å²) in [6.07, 6.45) is 5.59. The summed E-state index contributed by atoms with van der Waals surface area (Å²) in [6, 6.07) is 12.6. The van der Waals surface area contributed by atoms with Gasteiger partial charge in [-0.25, -0.2) is 4.79 Å². The highest BCUT2D eigenvalue weighted by Gasteiger charge is 2.39. The van der Waals surface area contributed by atoms with Crippen LogP contribution in [0.5, 0.6) is 5.75 Å². The number of carboxylic acids is 1. The third kappa shape index (κ3) is 8.90. The molecule has 0 spiro atoms. The first-order valence-corrected chi connectivity index (χ1v) is 20.8. The molecule has 0 saturated heterocycles. The van der Waals surface area contributed by atoms with Crippen LogP contribution in [0.25, 0.3) is 17.2 Å². The van der Waals surface area contributed by atoms with E-state index in [0.29, 0.717) is 19.8 Å². The average Bonchev–Trinajstić information content (AvgIpc) is 2.87. The van der Waals surface area contributed by atoms with Crippen LogP contribution in [0.3, 0.4) is 0 Å². The maximum absolute atomic E-state index is 10.9. The number of benzene rings is 2. The van der Waals surface area contributed by atoms with E-state index in [9.17, 15) is 4.79 Å². The van der Waals surface area contributed by atoms with Crippen molar-refractivity contribution in [3.05, 3.63) is 59.2 Å². The minimum atomic E-state index is -1.86. The molecule has 2 aromatic carbocycles. The molecular formula is C34H52O5Si2. The van der Waals surface area contributed by atoms with Crippen molar-refractivity contribution in [2.75, 3.05) is 19.8 Å². The lowest BCUT2D eigenvalue weighted by atomic mass is 9.84. The Morgan fingerprint density at radius 1 is 0.854 bits per heavy atom. The molecule has 0 atom stereocenters. The van der Waals surface area contributed by atoms with Crippen molar-refractivity contribution in [2.24, 2.45) is 5.92 Å². The van der Waals surface area contributed by atoms with Gasteiger partial charge in [-0.3, -0.25) is 0 Å². The Bertz CT molecular complexity index is 1200. The highest BCUT2D eigenvalue weighted by Crippen LogP contribution is 2.39. The van der Waals surface area contributed by atoms with Gasteiger partial charge >= 0.3 is 5.97 Å². The molecule has 1 aliphatic carbocycles. The van der Waals surface area contributed by atoms with Crippen molar-refractivity contribution < 1.29 is 23.5 Å². The summed E-state index contributed by atoms with van der Waals surface area (Å²) >= 11 is 0. The molecule has 3 rings (SSSR count). The molecule has 0 fully saturated rings. The van der Waals surface area contributed by atoms with E-state index in [0.717, 1.165) is 30.6 Å². The van der Waals surface area contributed by atoms with Gasteiger partial charge < -0.3 is 18.7 Å². The molecule has 0 unspecified atom stereocenters. The number of hydrogen-bond acceptors (Lipinski definition) is 4. The predicted octanol–water partition coefficient (Wildman–Crippen LogP) is 8.98. The van der Waals surface area contributed by atoms with Crippen molar-refractivity contribution in [2.45, 2.75) is 97.1 Å². The van der Waals surface area contributed by atoms with Gasteiger partial charge in [-0.2, -0.15) is 0 Å². The van der Waals surface area contributed by atoms with E-state index < -0.39 is 22.6 Å². The Kier molecular flexibility index (Phi) is 10.5. The summed E-state index contributed by atoms with van der Waals surface area (Å²) in [6.45, 7) is 25.0. The van der Waals surface area contributed by atoms with E-state index in [2.05, 4.69) is 98.1 Å². The highest BCUT2D eigenvalue weighted by atomic mass is 28.4. The number of aliphatic carboxylic acids is 1. The third-order valence-corrected chi connectivity index (χ3v) is 18.3. The Labute approximate surface area is 250 Å². The molecular weight excluding hydrogens is 545 g/mol. The molecule has 41 heavy (non-hydrogen) atoms. The van der Waals surface area contributed by atoms with Gasteiger partial charge in [-0.05, 0) is 102 Å². The highest BCUT2D eigenvalue weighted by molar-refractivity contribution is 6.74. The molecule has 7 heteroatoms. The molecule has 0 aromatic heterocycles. The lowest BCUT2D eigenvalue weighted by Crippen LogP contribution is -2.44. The first-order chi connectivity index (χ1) is 18.9. The third-order valence-electron chi connectivity index (χ3n) is 9.35. The van der Waals surface area contributed by atoms with Crippen LogP contribution in [-0.4, -0.2) is 47.5 Å². The zero-order valence-corrected chi connectivity index (χ0v) is 29.0. The van der Waals surface area contributed by atoms with E-state index in [1.165, 1.54) is 28.3 Å². The normalized spacial score (nSPS) is 14.3. The Morgan fingerprint density at radius 3 is 1.88 bits per heavy atom. The standard InChI is InChI=1S/C34H52O5Si2/c1-33(2,3)40(7,8)38-23-26(24-39-41(9,10)34(4,5)6)19-20-37-29-15-17-31-28(22-29)14-13-27-21-25(11-16-30(27)31)12-18-32(35)36/h11-12,15-18,21-22,26H,13-14,19-20,23-24H2,1-10H3,(H,35,36)/b18-12+. The SMILES string of the molecule is CC(C)(C)[Si](C)(C)OCC(CCOc1ccc2c(c1)CCc1cc(/C=C/C(=O)O)ccc1-2)CO[Si](C)(C)C(C)(C)C. The smallest absolute Gasteiger partial charge is 0.328 e. The second-order valence-corrected chi connectivity index (χ2v) is 24.2. The molecule has 0 heterocycles. The summed E-state index contributed by atoms with van der Waals surface area (Å²) in [4.78, 5) is 10.9. The molecule has 1 aliphatic rings. The van der Waals surface area contributed by atoms with Gasteiger partial charge in [0.15, 0.2) is 16.6 Å². The fraction of sp³-hybridized carbons (Fsp3) is 0.559. The maximum atomic E-state index is 10.9. The van der Waals surface area contributed by atoms with Crippen molar-refractivity contribution in [1.29, 1.82) is 0 Å². The van der Waals surface area contributed by atoms with Gasteiger partial charge in [-0.15, -0.1) is 0 Å². The van der Waals surface area contributed by atoms with Crippen LogP contribution in [0.4, 0.5) is 0 Å². The molecule has 0 radical (unpaired) electrons. The molecule has 226 valence electrons.